The Morgan fingerprint density at radius 2 is 1.75 bits per heavy atom. The van der Waals surface area contributed by atoms with Crippen molar-refractivity contribution in [3.05, 3.63) is 65.2 Å². The smallest absolute Gasteiger partial charge is 0.0945 e. The van der Waals surface area contributed by atoms with Gasteiger partial charge in [-0.25, -0.2) is 0 Å². The lowest BCUT2D eigenvalue weighted by Gasteiger charge is -2.14. The van der Waals surface area contributed by atoms with Gasteiger partial charge in [-0.1, -0.05) is 54.1 Å². The third-order valence-corrected chi connectivity index (χ3v) is 3.15. The average Bonchev–Trinajstić information content (AvgIpc) is 2.47. The highest BCUT2D eigenvalue weighted by Gasteiger charge is 2.05. The predicted molar refractivity (Wildman–Crippen MR) is 82.0 cm³/mol. The van der Waals surface area contributed by atoms with Crippen LogP contribution in [0.5, 0.6) is 0 Å². The first kappa shape index (κ1) is 14.9. The maximum absolute atomic E-state index is 9.85. The largest absolute Gasteiger partial charge is 0.389 e. The SMILES string of the molecule is OC(CNc1ccccc1Cl)COCc1ccccc1. The molecule has 0 saturated heterocycles. The summed E-state index contributed by atoms with van der Waals surface area (Å²) in [6.45, 7) is 1.19. The zero-order valence-electron chi connectivity index (χ0n) is 11.1. The van der Waals surface area contributed by atoms with E-state index in [4.69, 9.17) is 16.3 Å². The summed E-state index contributed by atoms with van der Waals surface area (Å²) >= 11 is 6.02. The average molecular weight is 292 g/mol. The highest BCUT2D eigenvalue weighted by atomic mass is 35.5. The molecule has 20 heavy (non-hydrogen) atoms. The van der Waals surface area contributed by atoms with Crippen LogP contribution in [0.2, 0.25) is 5.02 Å². The third kappa shape index (κ3) is 4.85. The molecule has 0 aliphatic carbocycles. The number of halogens is 1. The minimum Gasteiger partial charge on any atom is -0.389 e. The molecule has 2 rings (SSSR count). The van der Waals surface area contributed by atoms with Crippen LogP contribution >= 0.6 is 11.6 Å². The van der Waals surface area contributed by atoms with Gasteiger partial charge in [0.05, 0.1) is 30.0 Å². The summed E-state index contributed by atoms with van der Waals surface area (Å²) < 4.78 is 5.48. The van der Waals surface area contributed by atoms with Crippen molar-refractivity contribution in [3.63, 3.8) is 0 Å². The number of rotatable bonds is 7. The minimum absolute atomic E-state index is 0.284. The molecule has 1 unspecified atom stereocenters. The number of anilines is 1. The molecule has 0 bridgehead atoms. The Morgan fingerprint density at radius 1 is 1.05 bits per heavy atom. The molecule has 0 saturated carbocycles. The van der Waals surface area contributed by atoms with Gasteiger partial charge in [-0.15, -0.1) is 0 Å². The lowest BCUT2D eigenvalue weighted by molar-refractivity contribution is 0.0348. The van der Waals surface area contributed by atoms with E-state index in [1.165, 1.54) is 0 Å². The fraction of sp³-hybridized carbons (Fsp3) is 0.250. The molecule has 0 heterocycles. The van der Waals surface area contributed by atoms with E-state index in [2.05, 4.69) is 5.32 Å². The van der Waals surface area contributed by atoms with Crippen molar-refractivity contribution in [1.82, 2.24) is 0 Å². The van der Waals surface area contributed by atoms with E-state index in [-0.39, 0.29) is 6.61 Å². The Morgan fingerprint density at radius 3 is 2.50 bits per heavy atom. The fourth-order valence-electron chi connectivity index (χ4n) is 1.78. The molecular formula is C16H18ClNO2. The van der Waals surface area contributed by atoms with Crippen LogP contribution < -0.4 is 5.32 Å². The van der Waals surface area contributed by atoms with Gasteiger partial charge in [0.2, 0.25) is 0 Å². The van der Waals surface area contributed by atoms with Crippen LogP contribution in [0.15, 0.2) is 54.6 Å². The van der Waals surface area contributed by atoms with Crippen molar-refractivity contribution in [1.29, 1.82) is 0 Å². The van der Waals surface area contributed by atoms with Gasteiger partial charge in [-0.05, 0) is 17.7 Å². The molecule has 0 fully saturated rings. The summed E-state index contributed by atoms with van der Waals surface area (Å²) in [6, 6.07) is 17.3. The van der Waals surface area contributed by atoms with Gasteiger partial charge < -0.3 is 15.2 Å². The highest BCUT2D eigenvalue weighted by Crippen LogP contribution is 2.20. The number of para-hydroxylation sites is 1. The summed E-state index contributed by atoms with van der Waals surface area (Å²) in [5.74, 6) is 0. The van der Waals surface area contributed by atoms with E-state index >= 15 is 0 Å². The second kappa shape index (κ2) is 7.90. The van der Waals surface area contributed by atoms with Crippen LogP contribution in [-0.4, -0.2) is 24.4 Å². The summed E-state index contributed by atoms with van der Waals surface area (Å²) in [5, 5.41) is 13.6. The number of nitrogens with one attached hydrogen (secondary N) is 1. The van der Waals surface area contributed by atoms with Crippen molar-refractivity contribution in [2.75, 3.05) is 18.5 Å². The molecule has 0 spiro atoms. The number of benzene rings is 2. The second-order valence-electron chi connectivity index (χ2n) is 4.52. The van der Waals surface area contributed by atoms with Gasteiger partial charge in [0.1, 0.15) is 0 Å². The van der Waals surface area contributed by atoms with E-state index in [1.54, 1.807) is 0 Å². The van der Waals surface area contributed by atoms with Gasteiger partial charge in [-0.2, -0.15) is 0 Å². The Balaban J connectivity index is 1.68. The Bertz CT molecular complexity index is 519. The zero-order valence-corrected chi connectivity index (χ0v) is 11.9. The molecule has 0 aliphatic rings. The Hall–Kier alpha value is -1.55. The van der Waals surface area contributed by atoms with E-state index < -0.39 is 6.10 Å². The predicted octanol–water partition coefficient (Wildman–Crippen LogP) is 3.33. The first-order valence-electron chi connectivity index (χ1n) is 6.54. The molecule has 0 amide bonds. The molecular weight excluding hydrogens is 274 g/mol. The van der Waals surface area contributed by atoms with Crippen LogP contribution in [0.1, 0.15) is 5.56 Å². The standard InChI is InChI=1S/C16H18ClNO2/c17-15-8-4-5-9-16(15)18-10-14(19)12-20-11-13-6-2-1-3-7-13/h1-9,14,18-19H,10-12H2. The molecule has 2 aromatic carbocycles. The highest BCUT2D eigenvalue weighted by molar-refractivity contribution is 6.33. The maximum atomic E-state index is 9.85. The van der Waals surface area contributed by atoms with E-state index in [9.17, 15) is 5.11 Å². The number of hydrogen-bond acceptors (Lipinski definition) is 3. The van der Waals surface area contributed by atoms with Crippen LogP contribution in [0.3, 0.4) is 0 Å². The lowest BCUT2D eigenvalue weighted by Crippen LogP contribution is -2.24. The molecule has 2 aromatic rings. The molecule has 3 nitrogen and oxygen atoms in total. The minimum atomic E-state index is -0.574. The van der Waals surface area contributed by atoms with E-state index in [1.807, 2.05) is 54.6 Å². The van der Waals surface area contributed by atoms with E-state index in [0.717, 1.165) is 11.3 Å². The summed E-state index contributed by atoms with van der Waals surface area (Å²) in [7, 11) is 0. The molecule has 0 radical (unpaired) electrons. The number of aliphatic hydroxyl groups is 1. The quantitative estimate of drug-likeness (QED) is 0.822. The topological polar surface area (TPSA) is 41.5 Å². The molecule has 106 valence electrons. The molecule has 2 N–H and O–H groups in total. The molecule has 0 aliphatic heterocycles. The van der Waals surface area contributed by atoms with Crippen molar-refractivity contribution in [2.45, 2.75) is 12.7 Å². The van der Waals surface area contributed by atoms with Crippen molar-refractivity contribution >= 4 is 17.3 Å². The van der Waals surface area contributed by atoms with Gasteiger partial charge >= 0.3 is 0 Å². The fourth-order valence-corrected chi connectivity index (χ4v) is 1.98. The normalized spacial score (nSPS) is 12.1. The van der Waals surface area contributed by atoms with Gasteiger partial charge in [0, 0.05) is 6.54 Å². The molecule has 1 atom stereocenters. The Labute approximate surface area is 124 Å². The first-order valence-corrected chi connectivity index (χ1v) is 6.91. The molecule has 4 heteroatoms. The van der Waals surface area contributed by atoms with Crippen LogP contribution in [-0.2, 0) is 11.3 Å². The maximum Gasteiger partial charge on any atom is 0.0945 e. The first-order chi connectivity index (χ1) is 9.75. The third-order valence-electron chi connectivity index (χ3n) is 2.82. The van der Waals surface area contributed by atoms with Crippen LogP contribution in [0.4, 0.5) is 5.69 Å². The van der Waals surface area contributed by atoms with Crippen molar-refractivity contribution in [3.8, 4) is 0 Å². The van der Waals surface area contributed by atoms with Crippen molar-refractivity contribution in [2.24, 2.45) is 0 Å². The summed E-state index contributed by atoms with van der Waals surface area (Å²) in [5.41, 5.74) is 1.91. The zero-order chi connectivity index (χ0) is 14.2. The van der Waals surface area contributed by atoms with Gasteiger partial charge in [-0.3, -0.25) is 0 Å². The number of ether oxygens (including phenoxy) is 1. The number of aliphatic hydroxyl groups excluding tert-OH is 1. The monoisotopic (exact) mass is 291 g/mol. The van der Waals surface area contributed by atoms with Gasteiger partial charge in [0.15, 0.2) is 0 Å². The summed E-state index contributed by atoms with van der Waals surface area (Å²) in [4.78, 5) is 0. The van der Waals surface area contributed by atoms with Crippen molar-refractivity contribution < 1.29 is 9.84 Å². The van der Waals surface area contributed by atoms with Gasteiger partial charge in [0.25, 0.3) is 0 Å². The van der Waals surface area contributed by atoms with Crippen LogP contribution in [0.25, 0.3) is 0 Å². The second-order valence-corrected chi connectivity index (χ2v) is 4.92. The van der Waals surface area contributed by atoms with Crippen LogP contribution in [0, 0.1) is 0 Å². The molecule has 0 aromatic heterocycles. The van der Waals surface area contributed by atoms with E-state index in [0.29, 0.717) is 18.2 Å². The lowest BCUT2D eigenvalue weighted by atomic mass is 10.2. The Kier molecular flexibility index (Phi) is 5.87. The summed E-state index contributed by atoms with van der Waals surface area (Å²) in [6.07, 6.45) is -0.574. The number of hydrogen-bond donors (Lipinski definition) is 2.